The van der Waals surface area contributed by atoms with Crippen LogP contribution in [-0.2, 0) is 24.9 Å². The Kier molecular flexibility index (Phi) is 4.94. The SMILES string of the molecule is Cc1ccc2c(c1)c(CNC(=O)Cn1ccc(C3CCCNC3)n1)nn2C. The maximum absolute atomic E-state index is 12.4. The van der Waals surface area contributed by atoms with Crippen molar-refractivity contribution < 1.29 is 4.79 Å². The van der Waals surface area contributed by atoms with E-state index in [1.807, 2.05) is 24.0 Å². The lowest BCUT2D eigenvalue weighted by Gasteiger charge is -2.20. The Morgan fingerprint density at radius 1 is 1.33 bits per heavy atom. The van der Waals surface area contributed by atoms with Crippen molar-refractivity contribution >= 4 is 16.8 Å². The first kappa shape index (κ1) is 17.7. The maximum atomic E-state index is 12.4. The number of hydrogen-bond donors (Lipinski definition) is 2. The molecule has 142 valence electrons. The van der Waals surface area contributed by atoms with Gasteiger partial charge in [0.1, 0.15) is 6.54 Å². The molecule has 1 saturated heterocycles. The lowest BCUT2D eigenvalue weighted by molar-refractivity contribution is -0.122. The quantitative estimate of drug-likeness (QED) is 0.723. The number of benzene rings is 1. The molecule has 27 heavy (non-hydrogen) atoms. The Hall–Kier alpha value is -2.67. The normalized spacial score (nSPS) is 17.3. The topological polar surface area (TPSA) is 76.8 Å². The molecular weight excluding hydrogens is 340 g/mol. The van der Waals surface area contributed by atoms with E-state index in [1.54, 1.807) is 4.68 Å². The molecule has 3 heterocycles. The van der Waals surface area contributed by atoms with Gasteiger partial charge in [0.15, 0.2) is 0 Å². The number of piperidine rings is 1. The number of carbonyl (C=O) groups excluding carboxylic acids is 1. The van der Waals surface area contributed by atoms with Crippen LogP contribution >= 0.6 is 0 Å². The van der Waals surface area contributed by atoms with Crippen LogP contribution < -0.4 is 10.6 Å². The second-order valence-corrected chi connectivity index (χ2v) is 7.35. The molecule has 3 aromatic rings. The van der Waals surface area contributed by atoms with Crippen LogP contribution in [0.5, 0.6) is 0 Å². The van der Waals surface area contributed by atoms with Crippen LogP contribution in [0.15, 0.2) is 30.5 Å². The molecule has 0 spiro atoms. The first-order valence-electron chi connectivity index (χ1n) is 9.53. The summed E-state index contributed by atoms with van der Waals surface area (Å²) >= 11 is 0. The Labute approximate surface area is 158 Å². The van der Waals surface area contributed by atoms with E-state index in [0.29, 0.717) is 12.5 Å². The van der Waals surface area contributed by atoms with E-state index in [2.05, 4.69) is 46.0 Å². The summed E-state index contributed by atoms with van der Waals surface area (Å²) in [6, 6.07) is 8.28. The zero-order valence-corrected chi connectivity index (χ0v) is 15.9. The molecule has 7 nitrogen and oxygen atoms in total. The maximum Gasteiger partial charge on any atom is 0.242 e. The largest absolute Gasteiger partial charge is 0.349 e. The van der Waals surface area contributed by atoms with Gasteiger partial charge in [0.2, 0.25) is 5.91 Å². The summed E-state index contributed by atoms with van der Waals surface area (Å²) in [6.45, 7) is 4.76. The number of hydrogen-bond acceptors (Lipinski definition) is 4. The highest BCUT2D eigenvalue weighted by Gasteiger charge is 2.18. The number of aromatic nitrogens is 4. The molecule has 1 unspecified atom stereocenters. The fraction of sp³-hybridized carbons (Fsp3) is 0.450. The van der Waals surface area contributed by atoms with Crippen molar-refractivity contribution in [3.63, 3.8) is 0 Å². The van der Waals surface area contributed by atoms with Crippen molar-refractivity contribution in [2.45, 2.75) is 38.8 Å². The van der Waals surface area contributed by atoms with E-state index in [1.165, 1.54) is 12.0 Å². The highest BCUT2D eigenvalue weighted by atomic mass is 16.2. The van der Waals surface area contributed by atoms with Crippen LogP contribution in [0.2, 0.25) is 0 Å². The minimum Gasteiger partial charge on any atom is -0.349 e. The summed E-state index contributed by atoms with van der Waals surface area (Å²) in [7, 11) is 1.92. The van der Waals surface area contributed by atoms with Crippen LogP contribution in [0.4, 0.5) is 0 Å². The van der Waals surface area contributed by atoms with E-state index in [9.17, 15) is 4.79 Å². The summed E-state index contributed by atoms with van der Waals surface area (Å²) in [5.74, 6) is 0.393. The average molecular weight is 366 g/mol. The van der Waals surface area contributed by atoms with Gasteiger partial charge in [-0.05, 0) is 44.5 Å². The molecule has 4 rings (SSSR count). The molecule has 1 aromatic carbocycles. The molecule has 7 heteroatoms. The van der Waals surface area contributed by atoms with Gasteiger partial charge in [-0.25, -0.2) is 0 Å². The number of fused-ring (bicyclic) bond motifs is 1. The van der Waals surface area contributed by atoms with Crippen molar-refractivity contribution in [3.8, 4) is 0 Å². The van der Waals surface area contributed by atoms with Crippen LogP contribution in [0, 0.1) is 6.92 Å². The molecule has 0 saturated carbocycles. The van der Waals surface area contributed by atoms with Crippen molar-refractivity contribution in [1.29, 1.82) is 0 Å². The second-order valence-electron chi connectivity index (χ2n) is 7.35. The fourth-order valence-corrected chi connectivity index (χ4v) is 3.76. The number of rotatable bonds is 5. The van der Waals surface area contributed by atoms with Crippen molar-refractivity contribution in [2.75, 3.05) is 13.1 Å². The lowest BCUT2D eigenvalue weighted by Crippen LogP contribution is -2.29. The van der Waals surface area contributed by atoms with Gasteiger partial charge < -0.3 is 10.6 Å². The molecule has 1 fully saturated rings. The summed E-state index contributed by atoms with van der Waals surface area (Å²) < 4.78 is 3.58. The van der Waals surface area contributed by atoms with Crippen LogP contribution in [0.25, 0.3) is 10.9 Å². The highest BCUT2D eigenvalue weighted by Crippen LogP contribution is 2.21. The molecule has 1 amide bonds. The van der Waals surface area contributed by atoms with Gasteiger partial charge in [-0.15, -0.1) is 0 Å². The zero-order chi connectivity index (χ0) is 18.8. The molecule has 1 atom stereocenters. The Bertz CT molecular complexity index is 951. The third-order valence-corrected chi connectivity index (χ3v) is 5.22. The van der Waals surface area contributed by atoms with Gasteiger partial charge in [0.25, 0.3) is 0 Å². The van der Waals surface area contributed by atoms with Gasteiger partial charge in [-0.3, -0.25) is 14.2 Å². The van der Waals surface area contributed by atoms with E-state index >= 15 is 0 Å². The van der Waals surface area contributed by atoms with Gasteiger partial charge in [0, 0.05) is 31.1 Å². The summed E-state index contributed by atoms with van der Waals surface area (Å²) in [5.41, 5.74) is 4.21. The van der Waals surface area contributed by atoms with Gasteiger partial charge in [-0.2, -0.15) is 10.2 Å². The third kappa shape index (κ3) is 3.88. The molecule has 1 aliphatic rings. The number of nitrogens with one attached hydrogen (secondary N) is 2. The molecule has 2 aromatic heterocycles. The van der Waals surface area contributed by atoms with E-state index < -0.39 is 0 Å². The monoisotopic (exact) mass is 366 g/mol. The number of nitrogens with zero attached hydrogens (tertiary/aromatic N) is 4. The molecular formula is C20H26N6O. The molecule has 0 bridgehead atoms. The van der Waals surface area contributed by atoms with Crippen LogP contribution in [-0.4, -0.2) is 38.6 Å². The van der Waals surface area contributed by atoms with Crippen LogP contribution in [0.1, 0.15) is 35.7 Å². The lowest BCUT2D eigenvalue weighted by atomic mass is 9.97. The minimum absolute atomic E-state index is 0.0575. The standard InChI is InChI=1S/C20H26N6O/c1-14-5-6-19-16(10-14)18(23-25(19)2)12-22-20(27)13-26-9-7-17(24-26)15-4-3-8-21-11-15/h5-7,9-10,15,21H,3-4,8,11-13H2,1-2H3,(H,22,27). The molecule has 2 N–H and O–H groups in total. The minimum atomic E-state index is -0.0575. The second kappa shape index (κ2) is 7.52. The Morgan fingerprint density at radius 3 is 3.04 bits per heavy atom. The zero-order valence-electron chi connectivity index (χ0n) is 15.9. The first-order chi connectivity index (χ1) is 13.1. The van der Waals surface area contributed by atoms with Gasteiger partial charge in [0.05, 0.1) is 23.4 Å². The van der Waals surface area contributed by atoms with E-state index in [4.69, 9.17) is 0 Å². The Morgan fingerprint density at radius 2 is 2.22 bits per heavy atom. The predicted octanol–water partition coefficient (Wildman–Crippen LogP) is 1.86. The van der Waals surface area contributed by atoms with E-state index in [-0.39, 0.29) is 12.5 Å². The van der Waals surface area contributed by atoms with Crippen molar-refractivity contribution in [3.05, 3.63) is 47.4 Å². The van der Waals surface area contributed by atoms with Gasteiger partial charge in [-0.1, -0.05) is 11.6 Å². The number of amides is 1. The summed E-state index contributed by atoms with van der Waals surface area (Å²) in [6.07, 6.45) is 4.22. The first-order valence-corrected chi connectivity index (χ1v) is 9.53. The smallest absolute Gasteiger partial charge is 0.242 e. The van der Waals surface area contributed by atoms with Gasteiger partial charge >= 0.3 is 0 Å². The molecule has 1 aliphatic heterocycles. The van der Waals surface area contributed by atoms with Crippen LogP contribution in [0.3, 0.4) is 0 Å². The molecule has 0 aliphatic carbocycles. The number of aryl methyl sites for hydroxylation is 2. The fourth-order valence-electron chi connectivity index (χ4n) is 3.76. The predicted molar refractivity (Wildman–Crippen MR) is 104 cm³/mol. The van der Waals surface area contributed by atoms with Crippen molar-refractivity contribution in [1.82, 2.24) is 30.2 Å². The number of carbonyl (C=O) groups is 1. The summed E-state index contributed by atoms with van der Waals surface area (Å²) in [5, 5.41) is 16.6. The molecule has 0 radical (unpaired) electrons. The third-order valence-electron chi connectivity index (χ3n) is 5.22. The Balaban J connectivity index is 1.38. The summed E-state index contributed by atoms with van der Waals surface area (Å²) in [4.78, 5) is 12.4. The van der Waals surface area contributed by atoms with E-state index in [0.717, 1.165) is 41.8 Å². The van der Waals surface area contributed by atoms with Crippen molar-refractivity contribution in [2.24, 2.45) is 7.05 Å². The highest BCUT2D eigenvalue weighted by molar-refractivity contribution is 5.83. The average Bonchev–Trinajstić information content (AvgIpc) is 3.25.